The molecule has 0 spiro atoms. The summed E-state index contributed by atoms with van der Waals surface area (Å²) in [5.74, 6) is 1.71. The third-order valence-corrected chi connectivity index (χ3v) is 4.22. The number of benzene rings is 1. The van der Waals surface area contributed by atoms with Crippen molar-refractivity contribution in [1.82, 2.24) is 0 Å². The molecule has 0 radical (unpaired) electrons. The van der Waals surface area contributed by atoms with Crippen molar-refractivity contribution in [2.75, 3.05) is 26.2 Å². The first kappa shape index (κ1) is 14.7. The van der Waals surface area contributed by atoms with Gasteiger partial charge in [-0.15, -0.1) is 0 Å². The minimum absolute atomic E-state index is 0.736. The zero-order chi connectivity index (χ0) is 13.8. The average Bonchev–Trinajstić information content (AvgIpc) is 2.32. The zero-order valence-corrected chi connectivity index (χ0v) is 13.0. The number of rotatable bonds is 4. The van der Waals surface area contributed by atoms with Crippen molar-refractivity contribution >= 4 is 11.6 Å². The number of hydrogen-bond donors (Lipinski definition) is 1. The highest BCUT2D eigenvalue weighted by Crippen LogP contribution is 2.29. The fourth-order valence-electron chi connectivity index (χ4n) is 3.01. The summed E-state index contributed by atoms with van der Waals surface area (Å²) in [6, 6.07) is 4.09. The molecule has 2 nitrogen and oxygen atoms in total. The molecule has 2 atom stereocenters. The number of hydrogen-bond acceptors (Lipinski definition) is 1. The number of halogens is 1. The maximum absolute atomic E-state index is 6.25. The predicted molar refractivity (Wildman–Crippen MR) is 80.4 cm³/mol. The van der Waals surface area contributed by atoms with Gasteiger partial charge in [-0.3, -0.25) is 0 Å². The standard InChI is InChI=1S/C16H24ClNO/c1-12-5-4-6-18(11-12)7-8-19-16-14(3)9-13(2)10-15(16)17/h9-10,12H,4-8,11H2,1-3H3/p+1/t12-/m0/s1. The summed E-state index contributed by atoms with van der Waals surface area (Å²) in [6.45, 7) is 10.9. The van der Waals surface area contributed by atoms with Gasteiger partial charge in [-0.1, -0.05) is 24.6 Å². The van der Waals surface area contributed by atoms with Crippen LogP contribution in [0.2, 0.25) is 5.02 Å². The molecule has 2 rings (SSSR count). The van der Waals surface area contributed by atoms with Crippen molar-refractivity contribution in [3.8, 4) is 5.75 Å². The van der Waals surface area contributed by atoms with E-state index in [9.17, 15) is 0 Å². The number of piperidine rings is 1. The first-order valence-electron chi connectivity index (χ1n) is 7.29. The summed E-state index contributed by atoms with van der Waals surface area (Å²) < 4.78 is 5.91. The number of quaternary nitrogens is 1. The minimum atomic E-state index is 0.736. The van der Waals surface area contributed by atoms with E-state index in [1.165, 1.54) is 31.5 Å². The lowest BCUT2D eigenvalue weighted by Gasteiger charge is -2.27. The van der Waals surface area contributed by atoms with Crippen LogP contribution >= 0.6 is 11.6 Å². The molecule has 0 bridgehead atoms. The Morgan fingerprint density at radius 1 is 1.37 bits per heavy atom. The first-order chi connectivity index (χ1) is 9.06. The smallest absolute Gasteiger partial charge is 0.141 e. The van der Waals surface area contributed by atoms with Crippen molar-refractivity contribution < 1.29 is 9.64 Å². The highest BCUT2D eigenvalue weighted by molar-refractivity contribution is 6.32. The number of nitrogens with one attached hydrogen (secondary N) is 1. The van der Waals surface area contributed by atoms with Gasteiger partial charge in [-0.25, -0.2) is 0 Å². The monoisotopic (exact) mass is 282 g/mol. The van der Waals surface area contributed by atoms with Crippen LogP contribution in [0.4, 0.5) is 0 Å². The van der Waals surface area contributed by atoms with Crippen molar-refractivity contribution in [3.63, 3.8) is 0 Å². The van der Waals surface area contributed by atoms with Gasteiger partial charge in [-0.2, -0.15) is 0 Å². The van der Waals surface area contributed by atoms with E-state index >= 15 is 0 Å². The normalized spacial score (nSPS) is 23.4. The highest BCUT2D eigenvalue weighted by atomic mass is 35.5. The third-order valence-electron chi connectivity index (χ3n) is 3.94. The lowest BCUT2D eigenvalue weighted by atomic mass is 10.0. The molecule has 106 valence electrons. The number of likely N-dealkylation sites (tertiary alicyclic amines) is 1. The highest BCUT2D eigenvalue weighted by Gasteiger charge is 2.19. The summed E-state index contributed by atoms with van der Waals surface area (Å²) in [6.07, 6.45) is 2.73. The van der Waals surface area contributed by atoms with E-state index in [0.717, 1.165) is 35.4 Å². The van der Waals surface area contributed by atoms with E-state index in [1.807, 2.05) is 6.07 Å². The summed E-state index contributed by atoms with van der Waals surface area (Å²) in [4.78, 5) is 1.67. The van der Waals surface area contributed by atoms with Gasteiger partial charge in [-0.05, 0) is 43.9 Å². The summed E-state index contributed by atoms with van der Waals surface area (Å²) >= 11 is 6.25. The molecule has 19 heavy (non-hydrogen) atoms. The van der Waals surface area contributed by atoms with Crippen LogP contribution in [0.5, 0.6) is 5.75 Å². The van der Waals surface area contributed by atoms with Crippen LogP contribution < -0.4 is 9.64 Å². The molecule has 1 unspecified atom stereocenters. The molecule has 1 aliphatic rings. The van der Waals surface area contributed by atoms with E-state index < -0.39 is 0 Å². The van der Waals surface area contributed by atoms with Gasteiger partial charge in [0.15, 0.2) is 0 Å². The van der Waals surface area contributed by atoms with Gasteiger partial charge >= 0.3 is 0 Å². The predicted octanol–water partition coefficient (Wildman–Crippen LogP) is 2.65. The molecule has 1 aromatic rings. The molecule has 1 aromatic carbocycles. The number of aryl methyl sites for hydroxylation is 2. The molecule has 0 saturated carbocycles. The van der Waals surface area contributed by atoms with Gasteiger partial charge in [0.2, 0.25) is 0 Å². The van der Waals surface area contributed by atoms with Crippen molar-refractivity contribution in [2.45, 2.75) is 33.6 Å². The molecule has 1 fully saturated rings. The van der Waals surface area contributed by atoms with Gasteiger partial charge in [0.1, 0.15) is 18.9 Å². The Labute approximate surface area is 121 Å². The molecule has 1 saturated heterocycles. The third kappa shape index (κ3) is 4.12. The van der Waals surface area contributed by atoms with Crippen molar-refractivity contribution in [3.05, 3.63) is 28.3 Å². The SMILES string of the molecule is Cc1cc(C)c(OCC[NH+]2CCC[C@H](C)C2)c(Cl)c1. The van der Waals surface area contributed by atoms with Gasteiger partial charge in [0, 0.05) is 5.92 Å². The lowest BCUT2D eigenvalue weighted by Crippen LogP contribution is -3.14. The second-order valence-corrected chi connectivity index (χ2v) is 6.35. The second kappa shape index (κ2) is 6.62. The molecule has 1 N–H and O–H groups in total. The van der Waals surface area contributed by atoms with Crippen molar-refractivity contribution in [2.24, 2.45) is 5.92 Å². The molecular weight excluding hydrogens is 258 g/mol. The summed E-state index contributed by atoms with van der Waals surface area (Å²) in [5.41, 5.74) is 2.32. The maximum Gasteiger partial charge on any atom is 0.141 e. The van der Waals surface area contributed by atoms with Crippen LogP contribution in [-0.2, 0) is 0 Å². The summed E-state index contributed by atoms with van der Waals surface area (Å²) in [7, 11) is 0. The Bertz CT molecular complexity index is 410. The average molecular weight is 283 g/mol. The Hall–Kier alpha value is -0.730. The van der Waals surface area contributed by atoms with Crippen LogP contribution in [-0.4, -0.2) is 26.2 Å². The van der Waals surface area contributed by atoms with Crippen LogP contribution in [0, 0.1) is 19.8 Å². The Morgan fingerprint density at radius 3 is 2.84 bits per heavy atom. The lowest BCUT2D eigenvalue weighted by molar-refractivity contribution is -0.908. The quantitative estimate of drug-likeness (QED) is 0.896. The van der Waals surface area contributed by atoms with Crippen molar-refractivity contribution in [1.29, 1.82) is 0 Å². The maximum atomic E-state index is 6.25. The fraction of sp³-hybridized carbons (Fsp3) is 0.625. The first-order valence-corrected chi connectivity index (χ1v) is 7.67. The van der Waals surface area contributed by atoms with E-state index in [0.29, 0.717) is 0 Å². The van der Waals surface area contributed by atoms with E-state index in [1.54, 1.807) is 4.90 Å². The van der Waals surface area contributed by atoms with Gasteiger partial charge in [0.25, 0.3) is 0 Å². The zero-order valence-electron chi connectivity index (χ0n) is 12.3. The molecule has 0 aromatic heterocycles. The van der Waals surface area contributed by atoms with E-state index in [4.69, 9.17) is 16.3 Å². The largest absolute Gasteiger partial charge is 0.486 e. The Balaban J connectivity index is 1.85. The van der Waals surface area contributed by atoms with Crippen LogP contribution in [0.3, 0.4) is 0 Å². The Kier molecular flexibility index (Phi) is 5.12. The molecule has 1 aliphatic heterocycles. The number of ether oxygens (including phenoxy) is 1. The summed E-state index contributed by atoms with van der Waals surface area (Å²) in [5, 5.41) is 0.736. The van der Waals surface area contributed by atoms with E-state index in [-0.39, 0.29) is 0 Å². The van der Waals surface area contributed by atoms with Gasteiger partial charge in [0.05, 0.1) is 18.1 Å². The molecule has 1 heterocycles. The molecule has 3 heteroatoms. The minimum Gasteiger partial charge on any atom is -0.486 e. The van der Waals surface area contributed by atoms with Crippen LogP contribution in [0.15, 0.2) is 12.1 Å². The van der Waals surface area contributed by atoms with E-state index in [2.05, 4.69) is 26.8 Å². The second-order valence-electron chi connectivity index (χ2n) is 5.94. The Morgan fingerprint density at radius 2 is 2.16 bits per heavy atom. The van der Waals surface area contributed by atoms with Crippen LogP contribution in [0.1, 0.15) is 30.9 Å². The molecule has 0 aliphatic carbocycles. The van der Waals surface area contributed by atoms with Crippen LogP contribution in [0.25, 0.3) is 0 Å². The topological polar surface area (TPSA) is 13.7 Å². The fourth-order valence-corrected chi connectivity index (χ4v) is 3.38. The molecular formula is C16H25ClNO+. The van der Waals surface area contributed by atoms with Gasteiger partial charge < -0.3 is 9.64 Å². The molecule has 0 amide bonds.